The SMILES string of the molecule is COc1ccc(S(=O)(=O)Nc2cncc(C(=O)Nc3ccc(F)cc3)c2)cc1OC. The van der Waals surface area contributed by atoms with E-state index in [2.05, 4.69) is 15.0 Å². The highest BCUT2D eigenvalue weighted by Crippen LogP contribution is 2.30. The Bertz CT molecular complexity index is 1170. The van der Waals surface area contributed by atoms with Gasteiger partial charge in [-0.25, -0.2) is 12.8 Å². The third-order valence-corrected chi connectivity index (χ3v) is 5.40. The van der Waals surface area contributed by atoms with Crippen LogP contribution in [0.3, 0.4) is 0 Å². The van der Waals surface area contributed by atoms with Gasteiger partial charge in [0.1, 0.15) is 5.82 Å². The Kier molecular flexibility index (Phi) is 6.17. The summed E-state index contributed by atoms with van der Waals surface area (Å²) in [4.78, 5) is 16.2. The van der Waals surface area contributed by atoms with Crippen molar-refractivity contribution in [3.63, 3.8) is 0 Å². The fourth-order valence-corrected chi connectivity index (χ4v) is 3.60. The lowest BCUT2D eigenvalue weighted by atomic mass is 10.2. The number of carbonyl (C=O) groups excluding carboxylic acids is 1. The molecule has 0 radical (unpaired) electrons. The number of carbonyl (C=O) groups is 1. The maximum Gasteiger partial charge on any atom is 0.262 e. The number of nitrogens with one attached hydrogen (secondary N) is 2. The van der Waals surface area contributed by atoms with E-state index in [-0.39, 0.29) is 21.9 Å². The number of rotatable bonds is 7. The van der Waals surface area contributed by atoms with Crippen LogP contribution in [0, 0.1) is 5.82 Å². The summed E-state index contributed by atoms with van der Waals surface area (Å²) in [6.07, 6.45) is 2.56. The quantitative estimate of drug-likeness (QED) is 0.595. The third kappa shape index (κ3) is 4.84. The van der Waals surface area contributed by atoms with Crippen LogP contribution in [0.1, 0.15) is 10.4 Å². The second kappa shape index (κ2) is 8.78. The standard InChI is InChI=1S/C20H18FN3O5S/c1-28-18-8-7-17(10-19(18)29-2)30(26,27)24-16-9-13(11-22-12-16)20(25)23-15-5-3-14(21)4-6-15/h3-12,24H,1-2H3,(H,23,25). The van der Waals surface area contributed by atoms with Crippen LogP contribution in [0.25, 0.3) is 0 Å². The van der Waals surface area contributed by atoms with Gasteiger partial charge in [-0.3, -0.25) is 14.5 Å². The lowest BCUT2D eigenvalue weighted by Crippen LogP contribution is -2.16. The Balaban J connectivity index is 1.80. The minimum absolute atomic E-state index is 0.0543. The second-order valence-electron chi connectivity index (χ2n) is 6.05. The molecule has 8 nitrogen and oxygen atoms in total. The number of anilines is 2. The van der Waals surface area contributed by atoms with Crippen molar-refractivity contribution in [1.82, 2.24) is 4.98 Å². The van der Waals surface area contributed by atoms with Gasteiger partial charge >= 0.3 is 0 Å². The maximum atomic E-state index is 13.0. The van der Waals surface area contributed by atoms with Crippen molar-refractivity contribution < 1.29 is 27.1 Å². The number of methoxy groups -OCH3 is 2. The zero-order valence-electron chi connectivity index (χ0n) is 16.0. The number of hydrogen-bond donors (Lipinski definition) is 2. The normalized spacial score (nSPS) is 10.9. The number of pyridine rings is 1. The highest BCUT2D eigenvalue weighted by molar-refractivity contribution is 7.92. The fraction of sp³-hybridized carbons (Fsp3) is 0.100. The molecule has 156 valence electrons. The zero-order chi connectivity index (χ0) is 21.7. The van der Waals surface area contributed by atoms with Crippen molar-refractivity contribution in [2.45, 2.75) is 4.90 Å². The monoisotopic (exact) mass is 431 g/mol. The third-order valence-electron chi connectivity index (χ3n) is 4.02. The van der Waals surface area contributed by atoms with E-state index in [9.17, 15) is 17.6 Å². The van der Waals surface area contributed by atoms with Crippen molar-refractivity contribution in [1.29, 1.82) is 0 Å². The molecular formula is C20H18FN3O5S. The van der Waals surface area contributed by atoms with Crippen LogP contribution >= 0.6 is 0 Å². The van der Waals surface area contributed by atoms with Crippen LogP contribution < -0.4 is 19.5 Å². The summed E-state index contributed by atoms with van der Waals surface area (Å²) in [6, 6.07) is 10.7. The number of ether oxygens (including phenoxy) is 2. The number of halogens is 1. The molecule has 0 aliphatic heterocycles. The number of sulfonamides is 1. The maximum absolute atomic E-state index is 13.0. The van der Waals surface area contributed by atoms with Gasteiger partial charge in [0.25, 0.3) is 15.9 Å². The summed E-state index contributed by atoms with van der Waals surface area (Å²) < 4.78 is 51.0. The summed E-state index contributed by atoms with van der Waals surface area (Å²) in [5, 5.41) is 2.58. The average molecular weight is 431 g/mol. The van der Waals surface area contributed by atoms with Crippen LogP contribution in [0.5, 0.6) is 11.5 Å². The molecule has 0 saturated carbocycles. The van der Waals surface area contributed by atoms with E-state index < -0.39 is 21.7 Å². The zero-order valence-corrected chi connectivity index (χ0v) is 16.9. The molecule has 3 rings (SSSR count). The largest absolute Gasteiger partial charge is 0.493 e. The van der Waals surface area contributed by atoms with Gasteiger partial charge in [0.05, 0.1) is 36.6 Å². The molecule has 10 heteroatoms. The van der Waals surface area contributed by atoms with Crippen LogP contribution in [-0.4, -0.2) is 33.5 Å². The predicted octanol–water partition coefficient (Wildman–Crippen LogP) is 3.29. The fourth-order valence-electron chi connectivity index (χ4n) is 2.55. The van der Waals surface area contributed by atoms with Gasteiger partial charge in [-0.1, -0.05) is 0 Å². The highest BCUT2D eigenvalue weighted by atomic mass is 32.2. The first-order chi connectivity index (χ1) is 14.3. The molecule has 0 unspecified atom stereocenters. The van der Waals surface area contributed by atoms with E-state index in [1.54, 1.807) is 0 Å². The molecule has 0 aliphatic carbocycles. The predicted molar refractivity (Wildman–Crippen MR) is 109 cm³/mol. The molecule has 3 aromatic rings. The first-order valence-corrected chi connectivity index (χ1v) is 10.1. The lowest BCUT2D eigenvalue weighted by molar-refractivity contribution is 0.102. The Morgan fingerprint density at radius 1 is 0.933 bits per heavy atom. The second-order valence-corrected chi connectivity index (χ2v) is 7.73. The van der Waals surface area contributed by atoms with Gasteiger partial charge in [0.2, 0.25) is 0 Å². The first-order valence-electron chi connectivity index (χ1n) is 8.59. The minimum Gasteiger partial charge on any atom is -0.493 e. The molecule has 0 atom stereocenters. The molecule has 0 spiro atoms. The Labute approximate surface area is 172 Å². The van der Waals surface area contributed by atoms with E-state index in [4.69, 9.17) is 9.47 Å². The highest BCUT2D eigenvalue weighted by Gasteiger charge is 2.18. The average Bonchev–Trinajstić information content (AvgIpc) is 2.74. The lowest BCUT2D eigenvalue weighted by Gasteiger charge is -2.12. The molecule has 2 N–H and O–H groups in total. The molecule has 1 aromatic heterocycles. The molecule has 1 heterocycles. The van der Waals surface area contributed by atoms with Gasteiger partial charge in [0.15, 0.2) is 11.5 Å². The van der Waals surface area contributed by atoms with Crippen LogP contribution in [0.4, 0.5) is 15.8 Å². The van der Waals surface area contributed by atoms with Gasteiger partial charge in [-0.2, -0.15) is 0 Å². The van der Waals surface area contributed by atoms with Crippen molar-refractivity contribution in [3.05, 3.63) is 72.3 Å². The first kappa shape index (κ1) is 21.1. The summed E-state index contributed by atoms with van der Waals surface area (Å²) in [6.45, 7) is 0. The molecule has 0 fully saturated rings. The van der Waals surface area contributed by atoms with Crippen molar-refractivity contribution >= 4 is 27.3 Å². The molecule has 0 bridgehead atoms. The van der Waals surface area contributed by atoms with Gasteiger partial charge in [0, 0.05) is 18.0 Å². The Morgan fingerprint density at radius 2 is 1.63 bits per heavy atom. The number of hydrogen-bond acceptors (Lipinski definition) is 6. The molecule has 2 aromatic carbocycles. The van der Waals surface area contributed by atoms with E-state index in [0.29, 0.717) is 11.4 Å². The van der Waals surface area contributed by atoms with Crippen molar-refractivity contribution in [2.24, 2.45) is 0 Å². The Morgan fingerprint density at radius 3 is 2.30 bits per heavy atom. The van der Waals surface area contributed by atoms with E-state index in [0.717, 1.165) is 0 Å². The summed E-state index contributed by atoms with van der Waals surface area (Å²) >= 11 is 0. The summed E-state index contributed by atoms with van der Waals surface area (Å²) in [7, 11) is -1.14. The van der Waals surface area contributed by atoms with Crippen molar-refractivity contribution in [3.8, 4) is 11.5 Å². The topological polar surface area (TPSA) is 107 Å². The van der Waals surface area contributed by atoms with Gasteiger partial charge in [-0.05, 0) is 42.5 Å². The molecular weight excluding hydrogens is 413 g/mol. The van der Waals surface area contributed by atoms with E-state index >= 15 is 0 Å². The number of amides is 1. The van der Waals surface area contributed by atoms with E-state index in [1.807, 2.05) is 0 Å². The molecule has 1 amide bonds. The number of benzene rings is 2. The van der Waals surface area contributed by atoms with Gasteiger partial charge in [-0.15, -0.1) is 0 Å². The van der Waals surface area contributed by atoms with Crippen LogP contribution in [-0.2, 0) is 10.0 Å². The minimum atomic E-state index is -3.98. The summed E-state index contributed by atoms with van der Waals surface area (Å²) in [5.74, 6) is -0.314. The van der Waals surface area contributed by atoms with Crippen molar-refractivity contribution in [2.75, 3.05) is 24.3 Å². The summed E-state index contributed by atoms with van der Waals surface area (Å²) in [5.41, 5.74) is 0.598. The molecule has 0 aliphatic rings. The van der Waals surface area contributed by atoms with E-state index in [1.165, 1.54) is 75.1 Å². The molecule has 0 saturated heterocycles. The van der Waals surface area contributed by atoms with Crippen LogP contribution in [0.2, 0.25) is 0 Å². The van der Waals surface area contributed by atoms with Gasteiger partial charge < -0.3 is 14.8 Å². The molecule has 30 heavy (non-hydrogen) atoms. The smallest absolute Gasteiger partial charge is 0.262 e. The Hall–Kier alpha value is -3.66. The number of aromatic nitrogens is 1. The number of nitrogens with zero attached hydrogens (tertiary/aromatic N) is 1. The van der Waals surface area contributed by atoms with Crippen LogP contribution in [0.15, 0.2) is 65.8 Å².